The summed E-state index contributed by atoms with van der Waals surface area (Å²) >= 11 is 0. The SMILES string of the molecule is CC(=O)C1(CCCC(C)C)CC=C(C)CC1C. The van der Waals surface area contributed by atoms with E-state index in [2.05, 4.69) is 33.8 Å². The topological polar surface area (TPSA) is 17.1 Å². The Morgan fingerprint density at radius 1 is 1.53 bits per heavy atom. The van der Waals surface area contributed by atoms with Crippen LogP contribution in [0.1, 0.15) is 66.7 Å². The van der Waals surface area contributed by atoms with E-state index in [0.717, 1.165) is 25.2 Å². The summed E-state index contributed by atoms with van der Waals surface area (Å²) in [4.78, 5) is 12.1. The fourth-order valence-corrected chi connectivity index (χ4v) is 3.16. The molecule has 0 N–H and O–H groups in total. The number of allylic oxidation sites excluding steroid dienone is 2. The van der Waals surface area contributed by atoms with Crippen molar-refractivity contribution in [1.82, 2.24) is 0 Å². The molecule has 1 rings (SSSR count). The summed E-state index contributed by atoms with van der Waals surface area (Å²) in [5.74, 6) is 1.66. The van der Waals surface area contributed by atoms with E-state index in [1.807, 2.05) is 0 Å². The van der Waals surface area contributed by atoms with Gasteiger partial charge in [0.15, 0.2) is 0 Å². The molecule has 2 unspecified atom stereocenters. The van der Waals surface area contributed by atoms with E-state index < -0.39 is 0 Å². The molecule has 0 radical (unpaired) electrons. The minimum absolute atomic E-state index is 0.0611. The molecule has 0 saturated heterocycles. The molecular formula is C16H28O. The van der Waals surface area contributed by atoms with Gasteiger partial charge in [-0.3, -0.25) is 4.79 Å². The first-order chi connectivity index (χ1) is 7.88. The third-order valence-corrected chi connectivity index (χ3v) is 4.49. The van der Waals surface area contributed by atoms with Gasteiger partial charge in [0.05, 0.1) is 0 Å². The van der Waals surface area contributed by atoms with Crippen molar-refractivity contribution in [3.05, 3.63) is 11.6 Å². The summed E-state index contributed by atoms with van der Waals surface area (Å²) in [6.45, 7) is 10.8. The average Bonchev–Trinajstić information content (AvgIpc) is 2.20. The highest BCUT2D eigenvalue weighted by atomic mass is 16.1. The molecule has 0 spiro atoms. The van der Waals surface area contributed by atoms with E-state index in [0.29, 0.717) is 11.7 Å². The summed E-state index contributed by atoms with van der Waals surface area (Å²) in [5, 5.41) is 0. The lowest BCUT2D eigenvalue weighted by molar-refractivity contribution is -0.130. The molecule has 0 saturated carbocycles. The van der Waals surface area contributed by atoms with Gasteiger partial charge in [-0.15, -0.1) is 0 Å². The van der Waals surface area contributed by atoms with E-state index in [4.69, 9.17) is 0 Å². The van der Waals surface area contributed by atoms with Crippen molar-refractivity contribution in [2.75, 3.05) is 0 Å². The molecule has 1 aliphatic carbocycles. The number of rotatable bonds is 5. The van der Waals surface area contributed by atoms with Crippen LogP contribution in [0.15, 0.2) is 11.6 Å². The van der Waals surface area contributed by atoms with E-state index in [1.54, 1.807) is 6.92 Å². The van der Waals surface area contributed by atoms with Crippen LogP contribution in [0.4, 0.5) is 0 Å². The van der Waals surface area contributed by atoms with Gasteiger partial charge in [-0.1, -0.05) is 45.3 Å². The lowest BCUT2D eigenvalue weighted by Gasteiger charge is -2.40. The third kappa shape index (κ3) is 3.43. The molecule has 1 aliphatic rings. The molecule has 0 fully saturated rings. The zero-order valence-corrected chi connectivity index (χ0v) is 12.2. The second-order valence-electron chi connectivity index (χ2n) is 6.36. The van der Waals surface area contributed by atoms with Gasteiger partial charge < -0.3 is 0 Å². The molecule has 1 heteroatoms. The number of hydrogen-bond acceptors (Lipinski definition) is 1. The monoisotopic (exact) mass is 236 g/mol. The summed E-state index contributed by atoms with van der Waals surface area (Å²) < 4.78 is 0. The third-order valence-electron chi connectivity index (χ3n) is 4.49. The van der Waals surface area contributed by atoms with Crippen LogP contribution < -0.4 is 0 Å². The lowest BCUT2D eigenvalue weighted by atomic mass is 9.63. The molecule has 0 aliphatic heterocycles. The Labute approximate surface area is 107 Å². The van der Waals surface area contributed by atoms with Gasteiger partial charge in [0.2, 0.25) is 0 Å². The van der Waals surface area contributed by atoms with Crippen LogP contribution >= 0.6 is 0 Å². The first-order valence-electron chi connectivity index (χ1n) is 7.05. The minimum Gasteiger partial charge on any atom is -0.299 e. The summed E-state index contributed by atoms with van der Waals surface area (Å²) in [6.07, 6.45) is 7.86. The van der Waals surface area contributed by atoms with Crippen molar-refractivity contribution in [3.8, 4) is 0 Å². The lowest BCUT2D eigenvalue weighted by Crippen LogP contribution is -2.38. The maximum Gasteiger partial charge on any atom is 0.136 e. The second kappa shape index (κ2) is 5.84. The smallest absolute Gasteiger partial charge is 0.136 e. The molecule has 0 bridgehead atoms. The molecular weight excluding hydrogens is 208 g/mol. The number of hydrogen-bond donors (Lipinski definition) is 0. The van der Waals surface area contributed by atoms with Crippen LogP contribution in [0.5, 0.6) is 0 Å². The molecule has 0 aromatic heterocycles. The zero-order valence-electron chi connectivity index (χ0n) is 12.2. The van der Waals surface area contributed by atoms with Crippen molar-refractivity contribution in [3.63, 3.8) is 0 Å². The van der Waals surface area contributed by atoms with E-state index in [9.17, 15) is 4.79 Å². The molecule has 0 aromatic carbocycles. The van der Waals surface area contributed by atoms with Crippen LogP contribution in [0.2, 0.25) is 0 Å². The van der Waals surface area contributed by atoms with Gasteiger partial charge in [-0.05, 0) is 44.9 Å². The number of carbonyl (C=O) groups is 1. The average molecular weight is 236 g/mol. The Morgan fingerprint density at radius 3 is 2.65 bits per heavy atom. The van der Waals surface area contributed by atoms with Gasteiger partial charge in [0.1, 0.15) is 5.78 Å². The summed E-state index contributed by atoms with van der Waals surface area (Å²) in [7, 11) is 0. The quantitative estimate of drug-likeness (QED) is 0.629. The number of ketones is 1. The standard InChI is InChI=1S/C16H28O/c1-12(2)7-6-9-16(15(5)17)10-8-13(3)11-14(16)4/h8,12,14H,6-7,9-11H2,1-5H3. The van der Waals surface area contributed by atoms with Crippen molar-refractivity contribution in [2.45, 2.75) is 66.7 Å². The fraction of sp³-hybridized carbons (Fsp3) is 0.812. The minimum atomic E-state index is -0.0611. The Balaban J connectivity index is 2.73. The highest BCUT2D eigenvalue weighted by molar-refractivity contribution is 5.83. The molecule has 0 amide bonds. The molecule has 2 atom stereocenters. The van der Waals surface area contributed by atoms with E-state index >= 15 is 0 Å². The fourth-order valence-electron chi connectivity index (χ4n) is 3.16. The van der Waals surface area contributed by atoms with Crippen LogP contribution in [-0.4, -0.2) is 5.78 Å². The highest BCUT2D eigenvalue weighted by Crippen LogP contribution is 2.45. The van der Waals surface area contributed by atoms with Gasteiger partial charge in [-0.2, -0.15) is 0 Å². The van der Waals surface area contributed by atoms with E-state index in [-0.39, 0.29) is 5.41 Å². The van der Waals surface area contributed by atoms with Crippen molar-refractivity contribution in [1.29, 1.82) is 0 Å². The normalized spacial score (nSPS) is 29.3. The Kier molecular flexibility index (Phi) is 4.97. The Morgan fingerprint density at radius 2 is 2.18 bits per heavy atom. The van der Waals surface area contributed by atoms with Crippen molar-refractivity contribution < 1.29 is 4.79 Å². The van der Waals surface area contributed by atoms with Crippen LogP contribution in [0.25, 0.3) is 0 Å². The summed E-state index contributed by atoms with van der Waals surface area (Å²) in [6, 6.07) is 0. The predicted molar refractivity (Wildman–Crippen MR) is 74.0 cm³/mol. The first kappa shape index (κ1) is 14.5. The van der Waals surface area contributed by atoms with Crippen LogP contribution in [0, 0.1) is 17.3 Å². The highest BCUT2D eigenvalue weighted by Gasteiger charge is 2.41. The maximum absolute atomic E-state index is 12.1. The predicted octanol–water partition coefficient (Wildman–Crippen LogP) is 4.76. The number of carbonyl (C=O) groups excluding carboxylic acids is 1. The second-order valence-corrected chi connectivity index (χ2v) is 6.36. The maximum atomic E-state index is 12.1. The number of Topliss-reactive ketones (excluding diaryl/α,β-unsaturated/α-hetero) is 1. The molecule has 98 valence electrons. The Hall–Kier alpha value is -0.590. The van der Waals surface area contributed by atoms with Gasteiger partial charge in [0, 0.05) is 5.41 Å². The van der Waals surface area contributed by atoms with Crippen LogP contribution in [0.3, 0.4) is 0 Å². The largest absolute Gasteiger partial charge is 0.299 e. The van der Waals surface area contributed by atoms with Gasteiger partial charge in [-0.25, -0.2) is 0 Å². The van der Waals surface area contributed by atoms with Gasteiger partial charge >= 0.3 is 0 Å². The zero-order chi connectivity index (χ0) is 13.1. The first-order valence-corrected chi connectivity index (χ1v) is 7.05. The van der Waals surface area contributed by atoms with Crippen molar-refractivity contribution >= 4 is 5.78 Å². The molecule has 0 aromatic rings. The molecule has 17 heavy (non-hydrogen) atoms. The molecule has 1 nitrogen and oxygen atoms in total. The van der Waals surface area contributed by atoms with E-state index in [1.165, 1.54) is 18.4 Å². The van der Waals surface area contributed by atoms with Crippen LogP contribution in [-0.2, 0) is 4.79 Å². The molecule has 0 heterocycles. The van der Waals surface area contributed by atoms with Gasteiger partial charge in [0.25, 0.3) is 0 Å². The Bertz CT molecular complexity index is 301. The van der Waals surface area contributed by atoms with Crippen molar-refractivity contribution in [2.24, 2.45) is 17.3 Å². The summed E-state index contributed by atoms with van der Waals surface area (Å²) in [5.41, 5.74) is 1.40.